The van der Waals surface area contributed by atoms with Crippen molar-refractivity contribution in [1.82, 2.24) is 9.97 Å². The first-order valence-electron chi connectivity index (χ1n) is 7.43. The molecule has 0 saturated carbocycles. The predicted molar refractivity (Wildman–Crippen MR) is 96.9 cm³/mol. The van der Waals surface area contributed by atoms with Crippen LogP contribution in [-0.4, -0.2) is 24.9 Å². The molecule has 2 heterocycles. The van der Waals surface area contributed by atoms with Crippen molar-refractivity contribution in [2.75, 3.05) is 11.9 Å². The summed E-state index contributed by atoms with van der Waals surface area (Å²) >= 11 is 1.65. The normalized spacial score (nSPS) is 11.8. The van der Waals surface area contributed by atoms with Crippen LogP contribution in [0.25, 0.3) is 10.2 Å². The van der Waals surface area contributed by atoms with E-state index in [1.165, 1.54) is 17.0 Å². The summed E-state index contributed by atoms with van der Waals surface area (Å²) in [4.78, 5) is 11.2. The second-order valence-electron chi connectivity index (χ2n) is 5.56. The van der Waals surface area contributed by atoms with E-state index in [2.05, 4.69) is 28.3 Å². The molecule has 0 spiro atoms. The molecule has 0 aliphatic heterocycles. The molecule has 1 aromatic carbocycles. The van der Waals surface area contributed by atoms with Gasteiger partial charge in [-0.2, -0.15) is 0 Å². The molecular weight excluding hydrogens is 344 g/mol. The van der Waals surface area contributed by atoms with Crippen LogP contribution in [0.5, 0.6) is 0 Å². The fraction of sp³-hybridized carbons (Fsp3) is 0.250. The summed E-state index contributed by atoms with van der Waals surface area (Å²) in [5.74, 6) is 1.58. The summed E-state index contributed by atoms with van der Waals surface area (Å²) in [5, 5.41) is 9.48. The summed E-state index contributed by atoms with van der Waals surface area (Å²) < 4.78 is 22.5. The SMILES string of the molecule is Cc1nc(NCCc2ccc(S(N)(=O)=O)cc2)c2cc(C)sc2n1. The number of rotatable bonds is 5. The predicted octanol–water partition coefficient (Wildman–Crippen LogP) is 2.61. The fourth-order valence-corrected chi connectivity index (χ4v) is 3.89. The summed E-state index contributed by atoms with van der Waals surface area (Å²) in [5.41, 5.74) is 1.03. The second-order valence-corrected chi connectivity index (χ2v) is 8.36. The number of hydrogen-bond acceptors (Lipinski definition) is 6. The lowest BCUT2D eigenvalue weighted by Gasteiger charge is -2.08. The highest BCUT2D eigenvalue weighted by atomic mass is 32.2. The number of nitrogens with one attached hydrogen (secondary N) is 1. The van der Waals surface area contributed by atoms with Crippen molar-refractivity contribution in [1.29, 1.82) is 0 Å². The quantitative estimate of drug-likeness (QED) is 0.727. The standard InChI is InChI=1S/C16H18N4O2S2/c1-10-9-14-15(19-11(2)20-16(14)23-10)18-8-7-12-3-5-13(6-4-12)24(17,21)22/h3-6,9H,7-8H2,1-2H3,(H2,17,21,22)(H,18,19,20). The number of aryl methyl sites for hydroxylation is 2. The number of hydrogen-bond donors (Lipinski definition) is 2. The van der Waals surface area contributed by atoms with Crippen LogP contribution in [0.1, 0.15) is 16.3 Å². The van der Waals surface area contributed by atoms with Gasteiger partial charge in [-0.25, -0.2) is 23.5 Å². The molecule has 0 saturated heterocycles. The molecule has 126 valence electrons. The molecule has 0 amide bonds. The molecular formula is C16H18N4O2S2. The van der Waals surface area contributed by atoms with Crippen LogP contribution in [0, 0.1) is 13.8 Å². The Kier molecular flexibility index (Phi) is 4.53. The van der Waals surface area contributed by atoms with Crippen molar-refractivity contribution in [3.8, 4) is 0 Å². The minimum atomic E-state index is -3.64. The van der Waals surface area contributed by atoms with Crippen molar-refractivity contribution >= 4 is 37.4 Å². The molecule has 0 bridgehead atoms. The number of nitrogens with two attached hydrogens (primary N) is 1. The van der Waals surface area contributed by atoms with Gasteiger partial charge in [-0.15, -0.1) is 11.3 Å². The Morgan fingerprint density at radius 2 is 1.88 bits per heavy atom. The van der Waals surface area contributed by atoms with Crippen LogP contribution in [0.15, 0.2) is 35.2 Å². The highest BCUT2D eigenvalue weighted by Crippen LogP contribution is 2.28. The van der Waals surface area contributed by atoms with Crippen LogP contribution < -0.4 is 10.5 Å². The Labute approximate surface area is 144 Å². The van der Waals surface area contributed by atoms with Crippen LogP contribution >= 0.6 is 11.3 Å². The van der Waals surface area contributed by atoms with Crippen molar-refractivity contribution in [2.24, 2.45) is 5.14 Å². The summed E-state index contributed by atoms with van der Waals surface area (Å²) in [6.07, 6.45) is 0.749. The Hall–Kier alpha value is -2.03. The summed E-state index contributed by atoms with van der Waals surface area (Å²) in [7, 11) is -3.64. The smallest absolute Gasteiger partial charge is 0.238 e. The maximum absolute atomic E-state index is 11.3. The van der Waals surface area contributed by atoms with Gasteiger partial charge in [0.1, 0.15) is 16.5 Å². The molecule has 3 aromatic rings. The van der Waals surface area contributed by atoms with E-state index in [1.807, 2.05) is 6.92 Å². The van der Waals surface area contributed by atoms with E-state index in [4.69, 9.17) is 5.14 Å². The van der Waals surface area contributed by atoms with Gasteiger partial charge in [0.05, 0.1) is 10.3 Å². The van der Waals surface area contributed by atoms with E-state index in [-0.39, 0.29) is 4.90 Å². The number of fused-ring (bicyclic) bond motifs is 1. The number of primary sulfonamides is 1. The average molecular weight is 362 g/mol. The number of thiophene rings is 1. The number of aromatic nitrogens is 2. The molecule has 0 aliphatic rings. The van der Waals surface area contributed by atoms with E-state index in [0.717, 1.165) is 33.8 Å². The zero-order valence-corrected chi connectivity index (χ0v) is 15.0. The maximum atomic E-state index is 11.3. The van der Waals surface area contributed by atoms with E-state index in [1.54, 1.807) is 23.5 Å². The van der Waals surface area contributed by atoms with Crippen molar-refractivity contribution in [3.63, 3.8) is 0 Å². The second kappa shape index (κ2) is 6.46. The zero-order chi connectivity index (χ0) is 17.3. The third kappa shape index (κ3) is 3.72. The topological polar surface area (TPSA) is 98.0 Å². The van der Waals surface area contributed by atoms with Gasteiger partial charge in [0.2, 0.25) is 10.0 Å². The van der Waals surface area contributed by atoms with E-state index < -0.39 is 10.0 Å². The largest absolute Gasteiger partial charge is 0.369 e. The van der Waals surface area contributed by atoms with Crippen LogP contribution in [0.3, 0.4) is 0 Å². The minimum absolute atomic E-state index is 0.126. The highest BCUT2D eigenvalue weighted by Gasteiger charge is 2.09. The van der Waals surface area contributed by atoms with Gasteiger partial charge in [-0.05, 0) is 44.0 Å². The third-order valence-corrected chi connectivity index (χ3v) is 5.46. The molecule has 0 radical (unpaired) electrons. The summed E-state index contributed by atoms with van der Waals surface area (Å²) in [6.45, 7) is 4.62. The van der Waals surface area contributed by atoms with E-state index in [0.29, 0.717) is 6.54 Å². The molecule has 6 nitrogen and oxygen atoms in total. The molecule has 0 atom stereocenters. The molecule has 3 rings (SSSR count). The molecule has 0 unspecified atom stereocenters. The van der Waals surface area contributed by atoms with Crippen LogP contribution in [-0.2, 0) is 16.4 Å². The maximum Gasteiger partial charge on any atom is 0.238 e. The lowest BCUT2D eigenvalue weighted by molar-refractivity contribution is 0.598. The Morgan fingerprint density at radius 1 is 1.17 bits per heavy atom. The molecule has 3 N–H and O–H groups in total. The molecule has 24 heavy (non-hydrogen) atoms. The van der Waals surface area contributed by atoms with Gasteiger partial charge in [0.25, 0.3) is 0 Å². The van der Waals surface area contributed by atoms with Crippen molar-refractivity contribution < 1.29 is 8.42 Å². The zero-order valence-electron chi connectivity index (χ0n) is 13.4. The van der Waals surface area contributed by atoms with E-state index in [9.17, 15) is 8.42 Å². The highest BCUT2D eigenvalue weighted by molar-refractivity contribution is 7.89. The monoisotopic (exact) mass is 362 g/mol. The number of nitrogens with zero attached hydrogens (tertiary/aromatic N) is 2. The van der Waals surface area contributed by atoms with Gasteiger partial charge in [-0.1, -0.05) is 12.1 Å². The van der Waals surface area contributed by atoms with Crippen LogP contribution in [0.2, 0.25) is 0 Å². The number of anilines is 1. The molecule has 8 heteroatoms. The first-order chi connectivity index (χ1) is 11.3. The Morgan fingerprint density at radius 3 is 2.54 bits per heavy atom. The molecule has 2 aromatic heterocycles. The van der Waals surface area contributed by atoms with E-state index >= 15 is 0 Å². The van der Waals surface area contributed by atoms with Gasteiger partial charge >= 0.3 is 0 Å². The molecule has 0 fully saturated rings. The lowest BCUT2D eigenvalue weighted by atomic mass is 10.1. The van der Waals surface area contributed by atoms with Crippen LogP contribution in [0.4, 0.5) is 5.82 Å². The first kappa shape index (κ1) is 16.8. The van der Waals surface area contributed by atoms with Gasteiger partial charge in [0.15, 0.2) is 0 Å². The first-order valence-corrected chi connectivity index (χ1v) is 9.79. The average Bonchev–Trinajstić information content (AvgIpc) is 2.87. The minimum Gasteiger partial charge on any atom is -0.369 e. The lowest BCUT2D eigenvalue weighted by Crippen LogP contribution is -2.12. The van der Waals surface area contributed by atoms with Crippen molar-refractivity contribution in [3.05, 3.63) is 46.6 Å². The Bertz CT molecular complexity index is 979. The number of benzene rings is 1. The number of sulfonamides is 1. The Balaban J connectivity index is 1.71. The van der Waals surface area contributed by atoms with Gasteiger partial charge in [0, 0.05) is 11.4 Å². The van der Waals surface area contributed by atoms with Crippen molar-refractivity contribution in [2.45, 2.75) is 25.2 Å². The van der Waals surface area contributed by atoms with Gasteiger partial charge in [-0.3, -0.25) is 0 Å². The fourth-order valence-electron chi connectivity index (χ4n) is 2.45. The third-order valence-electron chi connectivity index (χ3n) is 3.59. The summed E-state index contributed by atoms with van der Waals surface area (Å²) in [6, 6.07) is 8.69. The molecule has 0 aliphatic carbocycles. The van der Waals surface area contributed by atoms with Gasteiger partial charge < -0.3 is 5.32 Å².